The van der Waals surface area contributed by atoms with Crippen LogP contribution >= 0.6 is 23.2 Å². The SMILES string of the molecule is O=c1[nH]c(CCCN2CCN(c3ccc(Cl)c(Cl)c3)CC2)nc2c1CCCC2. The van der Waals surface area contributed by atoms with E-state index in [0.717, 1.165) is 94.0 Å². The summed E-state index contributed by atoms with van der Waals surface area (Å²) >= 11 is 12.2. The van der Waals surface area contributed by atoms with Crippen LogP contribution in [-0.2, 0) is 19.3 Å². The minimum atomic E-state index is 0.0786. The quantitative estimate of drug-likeness (QED) is 0.800. The van der Waals surface area contributed by atoms with Crippen molar-refractivity contribution in [1.29, 1.82) is 0 Å². The molecule has 1 aliphatic carbocycles. The Kier molecular flexibility index (Phi) is 6.24. The molecule has 0 unspecified atom stereocenters. The molecule has 2 aromatic rings. The first-order valence-corrected chi connectivity index (χ1v) is 10.9. The first kappa shape index (κ1) is 19.7. The number of aryl methyl sites for hydroxylation is 2. The van der Waals surface area contributed by atoms with Gasteiger partial charge in [0.15, 0.2) is 0 Å². The van der Waals surface area contributed by atoms with Crippen molar-refractivity contribution in [2.24, 2.45) is 0 Å². The fourth-order valence-corrected chi connectivity index (χ4v) is 4.45. The lowest BCUT2D eigenvalue weighted by atomic mass is 9.97. The van der Waals surface area contributed by atoms with Gasteiger partial charge in [0, 0.05) is 43.9 Å². The molecule has 2 heterocycles. The minimum absolute atomic E-state index is 0.0786. The second-order valence-corrected chi connectivity index (χ2v) is 8.49. The molecule has 2 aliphatic rings. The van der Waals surface area contributed by atoms with E-state index in [1.165, 1.54) is 0 Å². The van der Waals surface area contributed by atoms with E-state index >= 15 is 0 Å². The third-order valence-corrected chi connectivity index (χ3v) is 6.51. The number of benzene rings is 1. The van der Waals surface area contributed by atoms with E-state index in [1.54, 1.807) is 0 Å². The van der Waals surface area contributed by atoms with E-state index in [0.29, 0.717) is 10.0 Å². The molecule has 150 valence electrons. The third kappa shape index (κ3) is 4.53. The van der Waals surface area contributed by atoms with Crippen molar-refractivity contribution in [1.82, 2.24) is 14.9 Å². The van der Waals surface area contributed by atoms with Gasteiger partial charge in [-0.05, 0) is 56.8 Å². The number of anilines is 1. The molecule has 1 N–H and O–H groups in total. The molecule has 1 fully saturated rings. The van der Waals surface area contributed by atoms with E-state index in [4.69, 9.17) is 28.2 Å². The van der Waals surface area contributed by atoms with Gasteiger partial charge in [-0.15, -0.1) is 0 Å². The van der Waals surface area contributed by atoms with Crippen molar-refractivity contribution in [3.05, 3.63) is 55.7 Å². The van der Waals surface area contributed by atoms with Crippen molar-refractivity contribution in [2.75, 3.05) is 37.6 Å². The normalized spacial score (nSPS) is 17.6. The molecular formula is C21H26Cl2N4O. The molecule has 0 spiro atoms. The second-order valence-electron chi connectivity index (χ2n) is 7.68. The van der Waals surface area contributed by atoms with Crippen LogP contribution in [0, 0.1) is 0 Å². The summed E-state index contributed by atoms with van der Waals surface area (Å²) in [6.45, 7) is 5.02. The number of nitrogens with one attached hydrogen (secondary N) is 1. The lowest BCUT2D eigenvalue weighted by molar-refractivity contribution is 0.254. The zero-order chi connectivity index (χ0) is 19.5. The number of halogens is 2. The highest BCUT2D eigenvalue weighted by atomic mass is 35.5. The van der Waals surface area contributed by atoms with Gasteiger partial charge >= 0.3 is 0 Å². The maximum Gasteiger partial charge on any atom is 0.254 e. The average molecular weight is 421 g/mol. The first-order valence-electron chi connectivity index (χ1n) is 10.1. The molecule has 0 bridgehead atoms. The topological polar surface area (TPSA) is 52.2 Å². The summed E-state index contributed by atoms with van der Waals surface area (Å²) in [6, 6.07) is 5.83. The Morgan fingerprint density at radius 1 is 1.04 bits per heavy atom. The first-order chi connectivity index (χ1) is 13.6. The van der Waals surface area contributed by atoms with Gasteiger partial charge in [-0.1, -0.05) is 23.2 Å². The number of fused-ring (bicyclic) bond motifs is 1. The molecule has 4 rings (SSSR count). The number of nitrogens with zero attached hydrogens (tertiary/aromatic N) is 3. The number of aromatic nitrogens is 2. The Morgan fingerprint density at radius 2 is 1.82 bits per heavy atom. The van der Waals surface area contributed by atoms with E-state index in [-0.39, 0.29) is 5.56 Å². The molecule has 0 radical (unpaired) electrons. The highest BCUT2D eigenvalue weighted by Gasteiger charge is 2.18. The Bertz CT molecular complexity index is 890. The van der Waals surface area contributed by atoms with Crippen LogP contribution in [-0.4, -0.2) is 47.6 Å². The summed E-state index contributed by atoms with van der Waals surface area (Å²) in [5.74, 6) is 0.847. The van der Waals surface area contributed by atoms with Crippen molar-refractivity contribution in [2.45, 2.75) is 38.5 Å². The van der Waals surface area contributed by atoms with Gasteiger partial charge in [-0.3, -0.25) is 9.69 Å². The van der Waals surface area contributed by atoms with Crippen molar-refractivity contribution < 1.29 is 0 Å². The van der Waals surface area contributed by atoms with Gasteiger partial charge in [0.2, 0.25) is 0 Å². The third-order valence-electron chi connectivity index (χ3n) is 5.77. The Morgan fingerprint density at radius 3 is 2.61 bits per heavy atom. The number of rotatable bonds is 5. The summed E-state index contributed by atoms with van der Waals surface area (Å²) in [6.07, 6.45) is 5.91. The standard InChI is InChI=1S/C21H26Cl2N4O/c22-17-8-7-15(14-18(17)23)27-12-10-26(11-13-27)9-3-6-20-24-19-5-2-1-4-16(19)21(28)25-20/h7-8,14H,1-6,9-13H2,(H,24,25,28). The van der Waals surface area contributed by atoms with Crippen LogP contribution in [0.15, 0.2) is 23.0 Å². The number of hydrogen-bond donors (Lipinski definition) is 1. The maximum absolute atomic E-state index is 12.2. The van der Waals surface area contributed by atoms with Gasteiger partial charge in [0.05, 0.1) is 15.7 Å². The predicted molar refractivity (Wildman–Crippen MR) is 115 cm³/mol. The maximum atomic E-state index is 12.2. The van der Waals surface area contributed by atoms with Gasteiger partial charge in [-0.25, -0.2) is 4.98 Å². The highest BCUT2D eigenvalue weighted by molar-refractivity contribution is 6.42. The van der Waals surface area contributed by atoms with E-state index in [1.807, 2.05) is 18.2 Å². The molecule has 28 heavy (non-hydrogen) atoms. The number of aromatic amines is 1. The minimum Gasteiger partial charge on any atom is -0.369 e. The van der Waals surface area contributed by atoms with Crippen LogP contribution in [0.3, 0.4) is 0 Å². The van der Waals surface area contributed by atoms with E-state index in [9.17, 15) is 4.79 Å². The predicted octanol–water partition coefficient (Wildman–Crippen LogP) is 3.71. The van der Waals surface area contributed by atoms with Gasteiger partial charge in [0.1, 0.15) is 5.82 Å². The second kappa shape index (κ2) is 8.85. The molecule has 0 saturated carbocycles. The van der Waals surface area contributed by atoms with Crippen LogP contribution in [0.1, 0.15) is 36.3 Å². The smallest absolute Gasteiger partial charge is 0.254 e. The average Bonchev–Trinajstić information content (AvgIpc) is 2.71. The Hall–Kier alpha value is -1.56. The molecular weight excluding hydrogens is 395 g/mol. The molecule has 1 aliphatic heterocycles. The zero-order valence-corrected chi connectivity index (χ0v) is 17.5. The summed E-state index contributed by atoms with van der Waals surface area (Å²) in [5.41, 5.74) is 3.15. The fourth-order valence-electron chi connectivity index (χ4n) is 4.15. The lowest BCUT2D eigenvalue weighted by Gasteiger charge is -2.36. The molecule has 5 nitrogen and oxygen atoms in total. The van der Waals surface area contributed by atoms with Gasteiger partial charge in [-0.2, -0.15) is 0 Å². The monoisotopic (exact) mass is 420 g/mol. The van der Waals surface area contributed by atoms with Crippen LogP contribution in [0.4, 0.5) is 5.69 Å². The molecule has 1 aromatic heterocycles. The summed E-state index contributed by atoms with van der Waals surface area (Å²) in [5, 5.41) is 1.20. The largest absolute Gasteiger partial charge is 0.369 e. The molecule has 1 saturated heterocycles. The summed E-state index contributed by atoms with van der Waals surface area (Å²) in [4.78, 5) is 24.8. The summed E-state index contributed by atoms with van der Waals surface area (Å²) < 4.78 is 0. The van der Waals surface area contributed by atoms with Crippen molar-refractivity contribution >= 4 is 28.9 Å². The number of hydrogen-bond acceptors (Lipinski definition) is 4. The number of piperazine rings is 1. The molecule has 7 heteroatoms. The van der Waals surface area contributed by atoms with Crippen LogP contribution < -0.4 is 10.5 Å². The van der Waals surface area contributed by atoms with Gasteiger partial charge < -0.3 is 9.88 Å². The molecule has 1 aromatic carbocycles. The fraction of sp³-hybridized carbons (Fsp3) is 0.524. The van der Waals surface area contributed by atoms with Crippen LogP contribution in [0.2, 0.25) is 10.0 Å². The number of H-pyrrole nitrogens is 1. The molecule has 0 atom stereocenters. The van der Waals surface area contributed by atoms with E-state index in [2.05, 4.69) is 14.8 Å². The van der Waals surface area contributed by atoms with Gasteiger partial charge in [0.25, 0.3) is 5.56 Å². The summed E-state index contributed by atoms with van der Waals surface area (Å²) in [7, 11) is 0. The Labute approximate surface area is 175 Å². The van der Waals surface area contributed by atoms with Crippen molar-refractivity contribution in [3.63, 3.8) is 0 Å². The lowest BCUT2D eigenvalue weighted by Crippen LogP contribution is -2.46. The van der Waals surface area contributed by atoms with Crippen molar-refractivity contribution in [3.8, 4) is 0 Å². The highest BCUT2D eigenvalue weighted by Crippen LogP contribution is 2.27. The zero-order valence-electron chi connectivity index (χ0n) is 16.0. The van der Waals surface area contributed by atoms with Crippen LogP contribution in [0.5, 0.6) is 0 Å². The molecule has 0 amide bonds. The Balaban J connectivity index is 1.26. The van der Waals surface area contributed by atoms with E-state index < -0.39 is 0 Å². The van der Waals surface area contributed by atoms with Crippen LogP contribution in [0.25, 0.3) is 0 Å².